The molecule has 0 saturated carbocycles. The molecule has 4 rings (SSSR count). The second kappa shape index (κ2) is 14.2. The molecule has 0 bridgehead atoms. The maximum atomic E-state index is 5.73. The highest BCUT2D eigenvalue weighted by atomic mass is 35.5. The quantitative estimate of drug-likeness (QED) is 0.414. The fraction of sp³-hybridized carbons (Fsp3) is 0.100. The second-order valence-electron chi connectivity index (χ2n) is 5.66. The van der Waals surface area contributed by atoms with Crippen molar-refractivity contribution in [3.63, 3.8) is 0 Å². The number of nitrogens with one attached hydrogen (secondary N) is 1. The lowest BCUT2D eigenvalue weighted by Gasteiger charge is -2.04. The van der Waals surface area contributed by atoms with Crippen LogP contribution < -0.4 is 11.1 Å². The monoisotopic (exact) mass is 476 g/mol. The first-order valence-corrected chi connectivity index (χ1v) is 10.0. The van der Waals surface area contributed by atoms with Gasteiger partial charge in [0.15, 0.2) is 0 Å². The molecule has 0 saturated heterocycles. The SMILES string of the molecule is Clc1cc(Cl)ncn1.Clc1cc(NCc2ccncc2)ncn1.NCc1ccncc1. The van der Waals surface area contributed by atoms with Crippen molar-refractivity contribution >= 4 is 40.6 Å². The van der Waals surface area contributed by atoms with Crippen molar-refractivity contribution in [2.24, 2.45) is 5.73 Å². The Bertz CT molecular complexity index is 1010. The molecule has 4 aromatic heterocycles. The lowest BCUT2D eigenvalue weighted by Crippen LogP contribution is -2.01. The smallest absolute Gasteiger partial charge is 0.134 e. The standard InChI is InChI=1S/C10H9ClN4.C6H8N2.C4H2Cl2N2/c11-9-5-10(15-7-14-9)13-6-8-1-3-12-4-2-8;7-5-6-1-3-8-4-2-6;5-3-1-4(6)8-2-7-3/h1-5,7H,6H2,(H,13,14,15);1-4H,5,7H2;1-2H. The maximum absolute atomic E-state index is 5.73. The Kier molecular flexibility index (Phi) is 11.1. The van der Waals surface area contributed by atoms with E-state index >= 15 is 0 Å². The molecule has 0 aliphatic heterocycles. The van der Waals surface area contributed by atoms with Gasteiger partial charge in [-0.1, -0.05) is 34.8 Å². The lowest BCUT2D eigenvalue weighted by atomic mass is 10.3. The van der Waals surface area contributed by atoms with Crippen LogP contribution in [0.4, 0.5) is 5.82 Å². The zero-order valence-corrected chi connectivity index (χ0v) is 18.5. The Hall–Kier alpha value is -2.91. The normalized spacial score (nSPS) is 9.55. The van der Waals surface area contributed by atoms with E-state index in [0.29, 0.717) is 34.4 Å². The molecule has 0 aromatic carbocycles. The summed E-state index contributed by atoms with van der Waals surface area (Å²) in [6.45, 7) is 1.29. The van der Waals surface area contributed by atoms with Crippen molar-refractivity contribution < 1.29 is 0 Å². The maximum Gasteiger partial charge on any atom is 0.134 e. The van der Waals surface area contributed by atoms with E-state index in [-0.39, 0.29) is 0 Å². The highest BCUT2D eigenvalue weighted by molar-refractivity contribution is 6.33. The highest BCUT2D eigenvalue weighted by Crippen LogP contribution is 2.10. The molecule has 8 nitrogen and oxygen atoms in total. The average Bonchev–Trinajstić information content (AvgIpc) is 2.80. The molecule has 160 valence electrons. The number of nitrogens with zero attached hydrogens (tertiary/aromatic N) is 6. The van der Waals surface area contributed by atoms with Crippen molar-refractivity contribution in [1.29, 1.82) is 0 Å². The van der Waals surface area contributed by atoms with Gasteiger partial charge in [0, 0.05) is 50.0 Å². The van der Waals surface area contributed by atoms with Gasteiger partial charge in [0.1, 0.15) is 33.9 Å². The Morgan fingerprint density at radius 1 is 0.677 bits per heavy atom. The summed E-state index contributed by atoms with van der Waals surface area (Å²) in [5, 5.41) is 4.30. The van der Waals surface area contributed by atoms with Crippen molar-refractivity contribution in [2.75, 3.05) is 5.32 Å². The molecule has 4 heterocycles. The minimum Gasteiger partial charge on any atom is -0.366 e. The second-order valence-corrected chi connectivity index (χ2v) is 6.82. The predicted octanol–water partition coefficient (Wildman–Crippen LogP) is 4.46. The van der Waals surface area contributed by atoms with Crippen LogP contribution in [0.1, 0.15) is 11.1 Å². The Balaban J connectivity index is 0.000000181. The topological polar surface area (TPSA) is 115 Å². The van der Waals surface area contributed by atoms with Crippen LogP contribution in [0, 0.1) is 0 Å². The molecule has 0 unspecified atom stereocenters. The van der Waals surface area contributed by atoms with Gasteiger partial charge in [-0.15, -0.1) is 0 Å². The lowest BCUT2D eigenvalue weighted by molar-refractivity contribution is 1.06. The Morgan fingerprint density at radius 3 is 1.58 bits per heavy atom. The van der Waals surface area contributed by atoms with E-state index in [0.717, 1.165) is 11.1 Å². The summed E-state index contributed by atoms with van der Waals surface area (Å²) in [4.78, 5) is 22.8. The molecular formula is C20H19Cl3N8. The van der Waals surface area contributed by atoms with E-state index in [1.165, 1.54) is 18.7 Å². The van der Waals surface area contributed by atoms with Crippen LogP contribution in [0.15, 0.2) is 73.8 Å². The van der Waals surface area contributed by atoms with Crippen molar-refractivity contribution in [1.82, 2.24) is 29.9 Å². The zero-order valence-electron chi connectivity index (χ0n) is 16.2. The van der Waals surface area contributed by atoms with E-state index < -0.39 is 0 Å². The number of anilines is 1. The summed E-state index contributed by atoms with van der Waals surface area (Å²) in [5.41, 5.74) is 7.59. The molecule has 3 N–H and O–H groups in total. The van der Waals surface area contributed by atoms with Gasteiger partial charge in [-0.25, -0.2) is 19.9 Å². The molecule has 11 heteroatoms. The molecule has 31 heavy (non-hydrogen) atoms. The summed E-state index contributed by atoms with van der Waals surface area (Å²) >= 11 is 16.5. The fourth-order valence-corrected chi connectivity index (χ4v) is 2.45. The minimum absolute atomic E-state index is 0.366. The van der Waals surface area contributed by atoms with E-state index in [4.69, 9.17) is 40.5 Å². The number of rotatable bonds is 4. The summed E-state index contributed by atoms with van der Waals surface area (Å²) in [5.74, 6) is 0.715. The molecule has 4 aromatic rings. The molecule has 0 amide bonds. The average molecular weight is 478 g/mol. The molecule has 0 spiro atoms. The summed E-state index contributed by atoms with van der Waals surface area (Å²) in [6.07, 6.45) is 9.72. The first kappa shape index (κ1) is 24.4. The van der Waals surface area contributed by atoms with Gasteiger partial charge in [0.25, 0.3) is 0 Å². The van der Waals surface area contributed by atoms with E-state index in [9.17, 15) is 0 Å². The number of hydrogen-bond donors (Lipinski definition) is 2. The van der Waals surface area contributed by atoms with Gasteiger partial charge in [-0.05, 0) is 35.4 Å². The minimum atomic E-state index is 0.366. The van der Waals surface area contributed by atoms with E-state index in [2.05, 4.69) is 35.2 Å². The van der Waals surface area contributed by atoms with Gasteiger partial charge < -0.3 is 11.1 Å². The summed E-state index contributed by atoms with van der Waals surface area (Å²) in [6, 6.07) is 10.8. The molecular weight excluding hydrogens is 459 g/mol. The highest BCUT2D eigenvalue weighted by Gasteiger charge is 1.96. The number of nitrogens with two attached hydrogens (primary N) is 1. The number of halogens is 3. The third-order valence-corrected chi connectivity index (χ3v) is 4.06. The summed E-state index contributed by atoms with van der Waals surface area (Å²) < 4.78 is 0. The van der Waals surface area contributed by atoms with Crippen molar-refractivity contribution in [2.45, 2.75) is 13.1 Å². The molecule has 0 radical (unpaired) electrons. The third kappa shape index (κ3) is 10.6. The fourth-order valence-electron chi connectivity index (χ4n) is 1.95. The molecule has 0 atom stereocenters. The Labute approximate surface area is 194 Å². The predicted molar refractivity (Wildman–Crippen MR) is 123 cm³/mol. The van der Waals surface area contributed by atoms with E-state index in [1.54, 1.807) is 30.9 Å². The van der Waals surface area contributed by atoms with Crippen molar-refractivity contribution in [3.8, 4) is 0 Å². The largest absolute Gasteiger partial charge is 0.366 e. The van der Waals surface area contributed by atoms with Crippen LogP contribution >= 0.6 is 34.8 Å². The molecule has 0 aliphatic carbocycles. The van der Waals surface area contributed by atoms with Crippen LogP contribution in [0.5, 0.6) is 0 Å². The number of aromatic nitrogens is 6. The molecule has 0 fully saturated rings. The first-order chi connectivity index (χ1) is 15.1. The van der Waals surface area contributed by atoms with E-state index in [1.807, 2.05) is 24.3 Å². The van der Waals surface area contributed by atoms with Crippen LogP contribution in [-0.2, 0) is 13.1 Å². The van der Waals surface area contributed by atoms with Crippen LogP contribution in [-0.4, -0.2) is 29.9 Å². The number of pyridine rings is 2. The molecule has 0 aliphatic rings. The number of hydrogen-bond acceptors (Lipinski definition) is 8. The van der Waals surface area contributed by atoms with Gasteiger partial charge in [-0.3, -0.25) is 9.97 Å². The zero-order chi connectivity index (χ0) is 22.3. The van der Waals surface area contributed by atoms with Gasteiger partial charge in [0.2, 0.25) is 0 Å². The summed E-state index contributed by atoms with van der Waals surface area (Å²) in [7, 11) is 0. The van der Waals surface area contributed by atoms with Crippen LogP contribution in [0.25, 0.3) is 0 Å². The van der Waals surface area contributed by atoms with Crippen LogP contribution in [0.2, 0.25) is 15.5 Å². The van der Waals surface area contributed by atoms with Gasteiger partial charge >= 0.3 is 0 Å². The van der Waals surface area contributed by atoms with Gasteiger partial charge in [-0.2, -0.15) is 0 Å². The van der Waals surface area contributed by atoms with Crippen LogP contribution in [0.3, 0.4) is 0 Å². The Morgan fingerprint density at radius 2 is 1.16 bits per heavy atom. The van der Waals surface area contributed by atoms with Crippen molar-refractivity contribution in [3.05, 3.63) is 100 Å². The van der Waals surface area contributed by atoms with Gasteiger partial charge in [0.05, 0.1) is 0 Å². The first-order valence-electron chi connectivity index (χ1n) is 8.89. The third-order valence-electron chi connectivity index (χ3n) is 3.44.